The predicted molar refractivity (Wildman–Crippen MR) is 141 cm³/mol. The summed E-state index contributed by atoms with van der Waals surface area (Å²) in [5.41, 5.74) is 10.5. The molecule has 2 aliphatic heterocycles. The molecule has 0 aliphatic carbocycles. The minimum Gasteiger partial charge on any atom is -0.394 e. The molecule has 6 heterocycles. The smallest absolute Gasteiger partial charge is 0.280 e. The zero-order valence-electron chi connectivity index (χ0n) is 20.5. The Kier molecular flexibility index (Phi) is 6.82. The number of alkyl halides is 1. The molecule has 0 amide bonds. The molecule has 0 bridgehead atoms. The molecule has 214 valence electrons. The number of aromatic nitrogens is 7. The lowest BCUT2D eigenvalue weighted by molar-refractivity contribution is -0.0421. The van der Waals surface area contributed by atoms with Crippen LogP contribution in [0.4, 0.5) is 16.2 Å². The molecule has 2 saturated heterocycles. The van der Waals surface area contributed by atoms with Crippen LogP contribution in [0.25, 0.3) is 22.2 Å². The van der Waals surface area contributed by atoms with Crippen LogP contribution in [-0.4, -0.2) is 92.5 Å². The number of aromatic amines is 1. The number of fused-ring (bicyclic) bond motifs is 2. The minimum atomic E-state index is -3.77. The first kappa shape index (κ1) is 27.1. The average Bonchev–Trinajstić information content (AvgIpc) is 3.69. The number of aliphatic hydroxyl groups is 2. The summed E-state index contributed by atoms with van der Waals surface area (Å²) < 4.78 is 35.4. The van der Waals surface area contributed by atoms with Gasteiger partial charge < -0.3 is 45.1 Å². The summed E-state index contributed by atoms with van der Waals surface area (Å²) in [7, 11) is 0. The van der Waals surface area contributed by atoms with E-state index in [1.54, 1.807) is 6.07 Å². The van der Waals surface area contributed by atoms with Crippen LogP contribution in [0.2, 0.25) is 0 Å². The van der Waals surface area contributed by atoms with E-state index in [0.717, 1.165) is 0 Å². The van der Waals surface area contributed by atoms with Gasteiger partial charge in [0.15, 0.2) is 30.1 Å². The van der Waals surface area contributed by atoms with Gasteiger partial charge in [0.25, 0.3) is 5.56 Å². The van der Waals surface area contributed by atoms with Gasteiger partial charge in [-0.1, -0.05) is 0 Å². The summed E-state index contributed by atoms with van der Waals surface area (Å²) in [5.74, 6) is 0.0562. The van der Waals surface area contributed by atoms with Crippen molar-refractivity contribution in [1.29, 1.82) is 0 Å². The third kappa shape index (κ3) is 4.46. The molecule has 40 heavy (non-hydrogen) atoms. The number of nitrogen functional groups attached to an aromatic ring is 2. The van der Waals surface area contributed by atoms with Crippen LogP contribution >= 0.6 is 6.49 Å². The zero-order chi connectivity index (χ0) is 28.3. The number of hydrogen-bond donors (Lipinski definition) is 6. The predicted octanol–water partition coefficient (Wildman–Crippen LogP) is -0.708. The Bertz CT molecular complexity index is 1680. The number of hydrogen-bond acceptors (Lipinski definition) is 13. The number of halogens is 1. The molecule has 4 aromatic rings. The van der Waals surface area contributed by atoms with E-state index in [2.05, 4.69) is 24.9 Å². The van der Waals surface area contributed by atoms with E-state index in [-0.39, 0.29) is 36.0 Å². The van der Waals surface area contributed by atoms with Gasteiger partial charge in [-0.15, -0.1) is 0 Å². The molecular weight excluding hydrogens is 572 g/mol. The van der Waals surface area contributed by atoms with Gasteiger partial charge in [-0.2, -0.15) is 4.98 Å². The van der Waals surface area contributed by atoms with E-state index in [4.69, 9.17) is 37.3 Å². The highest BCUT2D eigenvalue weighted by molar-refractivity contribution is 8.09. The molecule has 2 fully saturated rings. The van der Waals surface area contributed by atoms with Gasteiger partial charge in [-0.3, -0.25) is 14.3 Å². The first-order chi connectivity index (χ1) is 19.1. The van der Waals surface area contributed by atoms with Crippen molar-refractivity contribution in [3.05, 3.63) is 35.3 Å². The summed E-state index contributed by atoms with van der Waals surface area (Å²) in [6, 6.07) is 1.61. The summed E-state index contributed by atoms with van der Waals surface area (Å²) in [6.07, 6.45) is -3.47. The van der Waals surface area contributed by atoms with Crippen LogP contribution in [0.1, 0.15) is 18.9 Å². The number of H-pyrrole nitrogens is 1. The van der Waals surface area contributed by atoms with Crippen molar-refractivity contribution in [3.63, 3.8) is 0 Å². The Labute approximate surface area is 228 Å². The van der Waals surface area contributed by atoms with Gasteiger partial charge in [-0.05, 0) is 24.3 Å². The summed E-state index contributed by atoms with van der Waals surface area (Å²) in [4.78, 5) is 42.1. The Hall–Kier alpha value is -3.09. The van der Waals surface area contributed by atoms with E-state index in [0.29, 0.717) is 11.0 Å². The molecule has 19 heteroatoms. The Morgan fingerprint density at radius 2 is 2.02 bits per heavy atom. The number of ether oxygens (including phenoxy) is 2. The molecule has 8 N–H and O–H groups in total. The number of nitrogens with one attached hydrogen (secondary N) is 1. The van der Waals surface area contributed by atoms with E-state index in [1.165, 1.54) is 28.0 Å². The van der Waals surface area contributed by atoms with Crippen molar-refractivity contribution in [2.45, 2.75) is 49.0 Å². The highest BCUT2D eigenvalue weighted by atomic mass is 32.5. The van der Waals surface area contributed by atoms with Crippen LogP contribution in [0.15, 0.2) is 29.7 Å². The molecule has 8 atom stereocenters. The fourth-order valence-electron chi connectivity index (χ4n) is 5.06. The van der Waals surface area contributed by atoms with E-state index in [9.17, 15) is 19.9 Å². The molecule has 0 radical (unpaired) electrons. The van der Waals surface area contributed by atoms with Gasteiger partial charge >= 0.3 is 0 Å². The molecule has 1 unspecified atom stereocenters. The SMILES string of the molecule is Nc1nc2c(ncn2[C@@H]2O[C@H](CO)C[C@H]2P(O)(=S)OC[C@H]2O[C@@H](n3ccc4c(N)ncnc43)[C@@H](F)[C@@H]2O)c(=O)[nH]1. The van der Waals surface area contributed by atoms with E-state index >= 15 is 4.39 Å². The maximum absolute atomic E-state index is 15.2. The minimum absolute atomic E-state index is 0.0109. The molecule has 2 aliphatic rings. The molecule has 6 rings (SSSR count). The number of aliphatic hydroxyl groups excluding tert-OH is 2. The monoisotopic (exact) mass is 597 g/mol. The maximum Gasteiger partial charge on any atom is 0.280 e. The Morgan fingerprint density at radius 1 is 1.23 bits per heavy atom. The molecule has 16 nitrogen and oxygen atoms in total. The van der Waals surface area contributed by atoms with Crippen LogP contribution in [0.3, 0.4) is 0 Å². The first-order valence-electron chi connectivity index (χ1n) is 12.1. The fraction of sp³-hybridized carbons (Fsp3) is 0.476. The Balaban J connectivity index is 1.22. The largest absolute Gasteiger partial charge is 0.394 e. The molecule has 4 aromatic heterocycles. The fourth-order valence-corrected chi connectivity index (χ4v) is 7.40. The lowest BCUT2D eigenvalue weighted by atomic mass is 10.1. The molecular formula is C21H25FN9O7PS. The quantitative estimate of drug-likeness (QED) is 0.145. The number of imidazole rings is 1. The van der Waals surface area contributed by atoms with Gasteiger partial charge in [0.2, 0.25) is 5.95 Å². The van der Waals surface area contributed by atoms with Crippen molar-refractivity contribution in [3.8, 4) is 0 Å². The van der Waals surface area contributed by atoms with E-state index in [1.807, 2.05) is 0 Å². The second-order valence-corrected chi connectivity index (χ2v) is 13.1. The van der Waals surface area contributed by atoms with Crippen molar-refractivity contribution >= 4 is 52.3 Å². The highest BCUT2D eigenvalue weighted by Crippen LogP contribution is 2.57. The van der Waals surface area contributed by atoms with Gasteiger partial charge in [-0.25, -0.2) is 19.3 Å². The van der Waals surface area contributed by atoms with Crippen molar-refractivity contribution in [2.24, 2.45) is 0 Å². The van der Waals surface area contributed by atoms with Crippen LogP contribution in [0.5, 0.6) is 0 Å². The third-order valence-corrected chi connectivity index (χ3v) is 10.00. The molecule has 0 spiro atoms. The third-order valence-electron chi connectivity index (χ3n) is 7.04. The van der Waals surface area contributed by atoms with Crippen molar-refractivity contribution < 1.29 is 33.5 Å². The van der Waals surface area contributed by atoms with Gasteiger partial charge in [0, 0.05) is 6.20 Å². The number of rotatable bonds is 7. The van der Waals surface area contributed by atoms with Crippen LogP contribution < -0.4 is 17.0 Å². The standard InChI is InChI=1S/C21H25FN9O7PS/c22-12-14(33)10(38-20(12)30-2-1-9-15(23)25-6-26-16(9)30)5-36-39(35,40)11-3-8(4-32)37-19(11)31-7-27-13-17(31)28-21(24)29-18(13)34/h1-2,6-8,10-12,14,19-20,32-33H,3-5H2,(H,35,40)(H2,23,25,26)(H3,24,28,29,34)/t8-,10+,11+,12-,14+,19+,20+,39?/m0/s1. The number of anilines is 2. The topological polar surface area (TPSA) is 235 Å². The Morgan fingerprint density at radius 3 is 2.80 bits per heavy atom. The second-order valence-electron chi connectivity index (χ2n) is 9.49. The molecule has 0 saturated carbocycles. The van der Waals surface area contributed by atoms with E-state index < -0.39 is 61.3 Å². The number of nitrogens with two attached hydrogens (primary N) is 2. The second kappa shape index (κ2) is 10.1. The maximum atomic E-state index is 15.2. The van der Waals surface area contributed by atoms with Crippen LogP contribution in [-0.2, 0) is 25.8 Å². The highest BCUT2D eigenvalue weighted by Gasteiger charge is 2.49. The first-order valence-corrected chi connectivity index (χ1v) is 14.8. The summed E-state index contributed by atoms with van der Waals surface area (Å²) in [5, 5.41) is 20.8. The lowest BCUT2D eigenvalue weighted by Crippen LogP contribution is -2.32. The zero-order valence-corrected chi connectivity index (χ0v) is 22.2. The van der Waals surface area contributed by atoms with Gasteiger partial charge in [0.05, 0.1) is 36.7 Å². The molecule has 0 aromatic carbocycles. The van der Waals surface area contributed by atoms with Crippen molar-refractivity contribution in [2.75, 3.05) is 24.7 Å². The van der Waals surface area contributed by atoms with Crippen LogP contribution in [0, 0.1) is 0 Å². The normalized spacial score (nSPS) is 30.4. The number of nitrogens with zero attached hydrogens (tertiary/aromatic N) is 6. The lowest BCUT2D eigenvalue weighted by Gasteiger charge is -2.28. The summed E-state index contributed by atoms with van der Waals surface area (Å²) in [6.45, 7) is -4.58. The van der Waals surface area contributed by atoms with Crippen molar-refractivity contribution in [1.82, 2.24) is 34.1 Å². The van der Waals surface area contributed by atoms with Gasteiger partial charge in [0.1, 0.15) is 36.2 Å². The summed E-state index contributed by atoms with van der Waals surface area (Å²) >= 11 is 5.49. The average molecular weight is 598 g/mol.